The summed E-state index contributed by atoms with van der Waals surface area (Å²) in [7, 11) is 0. The van der Waals surface area contributed by atoms with Crippen LogP contribution in [0, 0.1) is 6.92 Å². The van der Waals surface area contributed by atoms with Crippen LogP contribution >= 0.6 is 11.6 Å². The molecule has 3 aromatic rings. The van der Waals surface area contributed by atoms with Crippen molar-refractivity contribution < 1.29 is 9.59 Å². The second-order valence-corrected chi connectivity index (χ2v) is 7.75. The van der Waals surface area contributed by atoms with Crippen LogP contribution in [0.15, 0.2) is 53.7 Å². The number of aromatic amines is 1. The lowest BCUT2D eigenvalue weighted by atomic mass is 9.83. The second-order valence-electron chi connectivity index (χ2n) is 7.31. The number of hydrogen-bond donors (Lipinski definition) is 3. The van der Waals surface area contributed by atoms with Gasteiger partial charge in [0.1, 0.15) is 0 Å². The van der Waals surface area contributed by atoms with E-state index in [0.29, 0.717) is 17.1 Å². The van der Waals surface area contributed by atoms with Crippen LogP contribution in [0.3, 0.4) is 0 Å². The van der Waals surface area contributed by atoms with Gasteiger partial charge in [0.15, 0.2) is 0 Å². The molecule has 0 radical (unpaired) electrons. The lowest BCUT2D eigenvalue weighted by molar-refractivity contribution is -0.121. The van der Waals surface area contributed by atoms with Gasteiger partial charge in [-0.25, -0.2) is 0 Å². The SMILES string of the molecule is CC1=C(CC(=O)Nc2ccc3n[nH]c(C)c3c2)C(c2ccc(Cl)cc2)CC(=O)N1. The normalized spacial score (nSPS) is 16.8. The molecule has 1 aromatic heterocycles. The van der Waals surface area contributed by atoms with Gasteiger partial charge in [-0.1, -0.05) is 23.7 Å². The fourth-order valence-corrected chi connectivity index (χ4v) is 3.90. The highest BCUT2D eigenvalue weighted by Crippen LogP contribution is 2.35. The van der Waals surface area contributed by atoms with Gasteiger partial charge in [-0.15, -0.1) is 0 Å². The number of aromatic nitrogens is 2. The summed E-state index contributed by atoms with van der Waals surface area (Å²) in [6, 6.07) is 13.0. The fraction of sp³-hybridized carbons (Fsp3) is 0.227. The smallest absolute Gasteiger partial charge is 0.228 e. The van der Waals surface area contributed by atoms with Gasteiger partial charge < -0.3 is 10.6 Å². The summed E-state index contributed by atoms with van der Waals surface area (Å²) in [6.45, 7) is 3.78. The molecule has 1 aliphatic heterocycles. The first-order chi connectivity index (χ1) is 13.9. The summed E-state index contributed by atoms with van der Waals surface area (Å²) in [5.41, 5.74) is 5.14. The predicted octanol–water partition coefficient (Wildman–Crippen LogP) is 4.43. The maximum atomic E-state index is 12.8. The number of carbonyl (C=O) groups excluding carboxylic acids is 2. The van der Waals surface area contributed by atoms with E-state index in [-0.39, 0.29) is 24.2 Å². The number of anilines is 1. The molecule has 0 fully saturated rings. The molecule has 1 atom stereocenters. The van der Waals surface area contributed by atoms with Crippen LogP contribution in [0.4, 0.5) is 5.69 Å². The zero-order valence-electron chi connectivity index (χ0n) is 16.2. The largest absolute Gasteiger partial charge is 0.330 e. The van der Waals surface area contributed by atoms with E-state index in [9.17, 15) is 9.59 Å². The molecular weight excluding hydrogens is 388 g/mol. The standard InChI is InChI=1S/C22H21ClN4O2/c1-12-17(19(11-21(28)24-12)14-3-5-15(23)6-4-14)10-22(29)25-16-7-8-20-18(9-16)13(2)26-27-20/h3-9,19H,10-11H2,1-2H3,(H,24,28)(H,25,29)(H,26,27). The number of nitrogens with one attached hydrogen (secondary N) is 3. The number of allylic oxidation sites excluding steroid dienone is 1. The third kappa shape index (κ3) is 4.03. The van der Waals surface area contributed by atoms with Crippen LogP contribution in [0.5, 0.6) is 0 Å². The molecule has 2 heterocycles. The maximum Gasteiger partial charge on any atom is 0.228 e. The first-order valence-corrected chi connectivity index (χ1v) is 9.78. The Hall–Kier alpha value is -3.12. The van der Waals surface area contributed by atoms with Crippen molar-refractivity contribution in [2.24, 2.45) is 0 Å². The number of nitrogens with zero attached hydrogens (tertiary/aromatic N) is 1. The van der Waals surface area contributed by atoms with E-state index in [0.717, 1.165) is 33.4 Å². The molecular formula is C22H21ClN4O2. The van der Waals surface area contributed by atoms with Crippen molar-refractivity contribution in [3.05, 3.63) is 70.0 Å². The highest BCUT2D eigenvalue weighted by atomic mass is 35.5. The highest BCUT2D eigenvalue weighted by Gasteiger charge is 2.28. The van der Waals surface area contributed by atoms with E-state index in [1.807, 2.05) is 44.2 Å². The van der Waals surface area contributed by atoms with E-state index >= 15 is 0 Å². The summed E-state index contributed by atoms with van der Waals surface area (Å²) in [5, 5.41) is 14.6. The minimum absolute atomic E-state index is 0.0486. The molecule has 0 saturated heterocycles. The van der Waals surface area contributed by atoms with Crippen LogP contribution < -0.4 is 10.6 Å². The molecule has 0 bridgehead atoms. The Morgan fingerprint density at radius 3 is 2.72 bits per heavy atom. The van der Waals surface area contributed by atoms with Gasteiger partial charge in [0.2, 0.25) is 11.8 Å². The molecule has 2 amide bonds. The molecule has 0 spiro atoms. The molecule has 148 valence electrons. The molecule has 0 saturated carbocycles. The van der Waals surface area contributed by atoms with Crippen LogP contribution in [-0.4, -0.2) is 22.0 Å². The number of carbonyl (C=O) groups is 2. The zero-order valence-corrected chi connectivity index (χ0v) is 16.9. The topological polar surface area (TPSA) is 86.9 Å². The van der Waals surface area contributed by atoms with Crippen LogP contribution in [0.25, 0.3) is 10.9 Å². The number of halogens is 1. The third-order valence-corrected chi connectivity index (χ3v) is 5.52. The van der Waals surface area contributed by atoms with Crippen molar-refractivity contribution in [3.8, 4) is 0 Å². The Morgan fingerprint density at radius 2 is 1.97 bits per heavy atom. The predicted molar refractivity (Wildman–Crippen MR) is 114 cm³/mol. The average Bonchev–Trinajstić information content (AvgIpc) is 3.05. The number of hydrogen-bond acceptors (Lipinski definition) is 3. The Kier molecular flexibility index (Phi) is 5.11. The van der Waals surface area contributed by atoms with Crippen molar-refractivity contribution in [2.45, 2.75) is 32.6 Å². The molecule has 29 heavy (non-hydrogen) atoms. The minimum atomic E-state index is -0.148. The summed E-state index contributed by atoms with van der Waals surface area (Å²) < 4.78 is 0. The number of aryl methyl sites for hydroxylation is 1. The van der Waals surface area contributed by atoms with Crippen molar-refractivity contribution in [2.75, 3.05) is 5.32 Å². The Balaban J connectivity index is 1.56. The lowest BCUT2D eigenvalue weighted by Crippen LogP contribution is -2.32. The van der Waals surface area contributed by atoms with Gasteiger partial charge in [-0.3, -0.25) is 14.7 Å². The number of amides is 2. The zero-order chi connectivity index (χ0) is 20.5. The Morgan fingerprint density at radius 1 is 1.21 bits per heavy atom. The van der Waals surface area contributed by atoms with Crippen molar-refractivity contribution in [1.82, 2.24) is 15.5 Å². The van der Waals surface area contributed by atoms with Crippen molar-refractivity contribution in [3.63, 3.8) is 0 Å². The number of H-pyrrole nitrogens is 1. The number of fused-ring (bicyclic) bond motifs is 1. The van der Waals surface area contributed by atoms with Crippen LogP contribution in [0.1, 0.15) is 36.9 Å². The van der Waals surface area contributed by atoms with Gasteiger partial charge in [0.25, 0.3) is 0 Å². The van der Waals surface area contributed by atoms with E-state index in [1.165, 1.54) is 0 Å². The van der Waals surface area contributed by atoms with E-state index in [1.54, 1.807) is 12.1 Å². The van der Waals surface area contributed by atoms with Gasteiger partial charge in [-0.2, -0.15) is 5.10 Å². The molecule has 2 aromatic carbocycles. The fourth-order valence-electron chi connectivity index (χ4n) is 3.77. The molecule has 4 rings (SSSR count). The van der Waals surface area contributed by atoms with Gasteiger partial charge in [-0.05, 0) is 55.3 Å². The number of rotatable bonds is 4. The van der Waals surface area contributed by atoms with Gasteiger partial charge >= 0.3 is 0 Å². The maximum absolute atomic E-state index is 12.8. The molecule has 3 N–H and O–H groups in total. The molecule has 1 unspecified atom stereocenters. The molecule has 7 heteroatoms. The van der Waals surface area contributed by atoms with Gasteiger partial charge in [0, 0.05) is 39.8 Å². The summed E-state index contributed by atoms with van der Waals surface area (Å²) in [4.78, 5) is 24.9. The Bertz CT molecular complexity index is 1130. The molecule has 6 nitrogen and oxygen atoms in total. The second kappa shape index (κ2) is 7.72. The van der Waals surface area contributed by atoms with E-state index in [2.05, 4.69) is 20.8 Å². The lowest BCUT2D eigenvalue weighted by Gasteiger charge is -2.28. The van der Waals surface area contributed by atoms with E-state index < -0.39 is 0 Å². The average molecular weight is 409 g/mol. The Labute approximate surface area is 173 Å². The van der Waals surface area contributed by atoms with Gasteiger partial charge in [0.05, 0.1) is 11.9 Å². The quantitative estimate of drug-likeness (QED) is 0.596. The summed E-state index contributed by atoms with van der Waals surface area (Å²) >= 11 is 6.00. The first-order valence-electron chi connectivity index (χ1n) is 9.40. The van der Waals surface area contributed by atoms with E-state index in [4.69, 9.17) is 11.6 Å². The van der Waals surface area contributed by atoms with Crippen LogP contribution in [-0.2, 0) is 9.59 Å². The monoisotopic (exact) mass is 408 g/mol. The molecule has 0 aliphatic carbocycles. The third-order valence-electron chi connectivity index (χ3n) is 5.27. The number of benzene rings is 2. The van der Waals surface area contributed by atoms with Crippen molar-refractivity contribution in [1.29, 1.82) is 0 Å². The first kappa shape index (κ1) is 19.2. The van der Waals surface area contributed by atoms with Crippen LogP contribution in [0.2, 0.25) is 5.02 Å². The highest BCUT2D eigenvalue weighted by molar-refractivity contribution is 6.30. The summed E-state index contributed by atoms with van der Waals surface area (Å²) in [5.74, 6) is -0.326. The summed E-state index contributed by atoms with van der Waals surface area (Å²) in [6.07, 6.45) is 0.504. The minimum Gasteiger partial charge on any atom is -0.330 e. The molecule has 1 aliphatic rings. The van der Waals surface area contributed by atoms with Crippen molar-refractivity contribution >= 4 is 40.0 Å².